The fraction of sp³-hybridized carbons (Fsp3) is 0.0833. The highest BCUT2D eigenvalue weighted by Crippen LogP contribution is 2.20. The third-order valence-corrected chi connectivity index (χ3v) is 4.93. The SMILES string of the molecule is Cc1cc(Br)ccc1NC(=O)COc1ccccc1/C=N\NC(=O)C(=O)Nc1ccccc1F. The summed E-state index contributed by atoms with van der Waals surface area (Å²) in [6, 6.07) is 17.7. The topological polar surface area (TPSA) is 109 Å². The monoisotopic (exact) mass is 526 g/mol. The number of carbonyl (C=O) groups is 3. The second kappa shape index (κ2) is 11.7. The minimum atomic E-state index is -1.08. The van der Waals surface area contributed by atoms with E-state index < -0.39 is 17.6 Å². The molecule has 34 heavy (non-hydrogen) atoms. The van der Waals surface area contributed by atoms with E-state index in [1.54, 1.807) is 30.3 Å². The van der Waals surface area contributed by atoms with Gasteiger partial charge in [-0.15, -0.1) is 0 Å². The van der Waals surface area contributed by atoms with Crippen molar-refractivity contribution in [2.75, 3.05) is 17.2 Å². The number of hydrazone groups is 1. The largest absolute Gasteiger partial charge is 0.483 e. The van der Waals surface area contributed by atoms with Crippen molar-refractivity contribution in [2.45, 2.75) is 6.92 Å². The van der Waals surface area contributed by atoms with Gasteiger partial charge in [0.1, 0.15) is 11.6 Å². The Hall–Kier alpha value is -4.05. The zero-order valence-electron chi connectivity index (χ0n) is 18.0. The molecule has 174 valence electrons. The summed E-state index contributed by atoms with van der Waals surface area (Å²) in [5.41, 5.74) is 3.97. The molecule has 0 aliphatic heterocycles. The van der Waals surface area contributed by atoms with E-state index in [1.807, 2.05) is 19.1 Å². The van der Waals surface area contributed by atoms with Crippen molar-refractivity contribution in [3.8, 4) is 5.75 Å². The third-order valence-electron chi connectivity index (χ3n) is 4.44. The van der Waals surface area contributed by atoms with Gasteiger partial charge in [-0.25, -0.2) is 9.82 Å². The summed E-state index contributed by atoms with van der Waals surface area (Å²) < 4.78 is 20.1. The second-order valence-electron chi connectivity index (χ2n) is 6.97. The van der Waals surface area contributed by atoms with Gasteiger partial charge >= 0.3 is 11.8 Å². The maximum atomic E-state index is 13.6. The molecule has 0 fully saturated rings. The average Bonchev–Trinajstić information content (AvgIpc) is 2.81. The highest BCUT2D eigenvalue weighted by atomic mass is 79.9. The fourth-order valence-corrected chi connectivity index (χ4v) is 3.24. The van der Waals surface area contributed by atoms with E-state index in [0.29, 0.717) is 17.0 Å². The Bertz CT molecular complexity index is 1250. The summed E-state index contributed by atoms with van der Waals surface area (Å²) in [5, 5.41) is 8.67. The van der Waals surface area contributed by atoms with Crippen LogP contribution in [0.1, 0.15) is 11.1 Å². The lowest BCUT2D eigenvalue weighted by Gasteiger charge is -2.11. The van der Waals surface area contributed by atoms with Crippen molar-refractivity contribution in [1.82, 2.24) is 5.43 Å². The standard InChI is InChI=1S/C24H20BrFN4O4/c1-15-12-17(25)10-11-19(15)28-22(31)14-34-21-9-5-2-6-16(21)13-27-30-24(33)23(32)29-20-8-4-3-7-18(20)26/h2-13H,14H2,1H3,(H,28,31)(H,29,32)(H,30,33)/b27-13-. The molecule has 0 radical (unpaired) electrons. The van der Waals surface area contributed by atoms with Crippen LogP contribution in [0.25, 0.3) is 0 Å². The van der Waals surface area contributed by atoms with Crippen LogP contribution < -0.4 is 20.8 Å². The summed E-state index contributed by atoms with van der Waals surface area (Å²) in [7, 11) is 0. The first-order valence-corrected chi connectivity index (χ1v) is 10.8. The number of halogens is 2. The number of aryl methyl sites for hydroxylation is 1. The van der Waals surface area contributed by atoms with Gasteiger partial charge in [0.15, 0.2) is 6.61 Å². The van der Waals surface area contributed by atoms with Crippen LogP contribution >= 0.6 is 15.9 Å². The Morgan fingerprint density at radius 2 is 1.71 bits per heavy atom. The van der Waals surface area contributed by atoms with E-state index in [9.17, 15) is 18.8 Å². The molecule has 0 saturated carbocycles. The number of anilines is 2. The molecule has 3 amide bonds. The molecule has 3 aromatic rings. The van der Waals surface area contributed by atoms with Gasteiger partial charge in [0.05, 0.1) is 11.9 Å². The van der Waals surface area contributed by atoms with Crippen LogP contribution in [0.3, 0.4) is 0 Å². The molecule has 0 aliphatic carbocycles. The molecule has 0 heterocycles. The molecule has 0 atom stereocenters. The zero-order chi connectivity index (χ0) is 24.5. The highest BCUT2D eigenvalue weighted by Gasteiger charge is 2.15. The van der Waals surface area contributed by atoms with E-state index in [4.69, 9.17) is 4.74 Å². The smallest absolute Gasteiger partial charge is 0.329 e. The summed E-state index contributed by atoms with van der Waals surface area (Å²) in [4.78, 5) is 36.1. The van der Waals surface area contributed by atoms with E-state index in [1.165, 1.54) is 24.4 Å². The summed E-state index contributed by atoms with van der Waals surface area (Å²) in [5.74, 6) is -2.83. The van der Waals surface area contributed by atoms with Crippen molar-refractivity contribution in [2.24, 2.45) is 5.10 Å². The minimum Gasteiger partial charge on any atom is -0.483 e. The van der Waals surface area contributed by atoms with Crippen molar-refractivity contribution in [3.63, 3.8) is 0 Å². The number of carbonyl (C=O) groups excluding carboxylic acids is 3. The molecule has 3 rings (SSSR count). The first-order chi connectivity index (χ1) is 16.3. The molecule has 8 nitrogen and oxygen atoms in total. The van der Waals surface area contributed by atoms with Gasteiger partial charge in [-0.2, -0.15) is 5.10 Å². The molecule has 3 aromatic carbocycles. The van der Waals surface area contributed by atoms with E-state index in [0.717, 1.165) is 16.1 Å². The van der Waals surface area contributed by atoms with Crippen LogP contribution in [0, 0.1) is 12.7 Å². The van der Waals surface area contributed by atoms with E-state index in [2.05, 4.69) is 37.1 Å². The highest BCUT2D eigenvalue weighted by molar-refractivity contribution is 9.10. The zero-order valence-corrected chi connectivity index (χ0v) is 19.6. The van der Waals surface area contributed by atoms with Gasteiger partial charge in [-0.1, -0.05) is 40.2 Å². The Labute approximate surface area is 203 Å². The van der Waals surface area contributed by atoms with Crippen molar-refractivity contribution >= 4 is 51.2 Å². The number of nitrogens with one attached hydrogen (secondary N) is 3. The molecule has 0 unspecified atom stereocenters. The van der Waals surface area contributed by atoms with Crippen LogP contribution in [0.2, 0.25) is 0 Å². The summed E-state index contributed by atoms with van der Waals surface area (Å²) in [6.45, 7) is 1.62. The number of hydrogen-bond donors (Lipinski definition) is 3. The number of amides is 3. The molecule has 0 aliphatic rings. The van der Waals surface area contributed by atoms with E-state index in [-0.39, 0.29) is 18.2 Å². The molecular weight excluding hydrogens is 507 g/mol. The molecular formula is C24H20BrFN4O4. The summed E-state index contributed by atoms with van der Waals surface area (Å²) >= 11 is 3.37. The lowest BCUT2D eigenvalue weighted by atomic mass is 10.2. The molecule has 10 heteroatoms. The fourth-order valence-electron chi connectivity index (χ4n) is 2.77. The molecule has 0 saturated heterocycles. The Morgan fingerprint density at radius 1 is 0.971 bits per heavy atom. The number of benzene rings is 3. The first-order valence-electron chi connectivity index (χ1n) is 10.00. The summed E-state index contributed by atoms with van der Waals surface area (Å²) in [6.07, 6.45) is 1.26. The predicted octanol–water partition coefficient (Wildman–Crippen LogP) is 4.00. The van der Waals surface area contributed by atoms with Gasteiger partial charge in [0, 0.05) is 15.7 Å². The lowest BCUT2D eigenvalue weighted by Crippen LogP contribution is -2.32. The molecule has 0 bridgehead atoms. The third kappa shape index (κ3) is 6.97. The van der Waals surface area contributed by atoms with Gasteiger partial charge in [0.2, 0.25) is 0 Å². The average molecular weight is 527 g/mol. The Balaban J connectivity index is 1.55. The van der Waals surface area contributed by atoms with Gasteiger partial charge in [0.25, 0.3) is 5.91 Å². The van der Waals surface area contributed by atoms with Crippen LogP contribution in [0.15, 0.2) is 76.3 Å². The van der Waals surface area contributed by atoms with Crippen LogP contribution in [0.5, 0.6) is 5.75 Å². The quantitative estimate of drug-likeness (QED) is 0.245. The van der Waals surface area contributed by atoms with Gasteiger partial charge < -0.3 is 15.4 Å². The lowest BCUT2D eigenvalue weighted by molar-refractivity contribution is -0.136. The molecule has 3 N–H and O–H groups in total. The van der Waals surface area contributed by atoms with Crippen molar-refractivity contribution < 1.29 is 23.5 Å². The van der Waals surface area contributed by atoms with E-state index >= 15 is 0 Å². The second-order valence-corrected chi connectivity index (χ2v) is 7.88. The number of para-hydroxylation sites is 2. The Morgan fingerprint density at radius 3 is 2.47 bits per heavy atom. The molecule has 0 spiro atoms. The van der Waals surface area contributed by atoms with Crippen molar-refractivity contribution in [3.05, 3.63) is 88.1 Å². The van der Waals surface area contributed by atoms with Gasteiger partial charge in [-0.05, 0) is 55.0 Å². The minimum absolute atomic E-state index is 0.123. The maximum Gasteiger partial charge on any atom is 0.329 e. The van der Waals surface area contributed by atoms with Crippen molar-refractivity contribution in [1.29, 1.82) is 0 Å². The number of hydrogen-bond acceptors (Lipinski definition) is 5. The number of rotatable bonds is 7. The van der Waals surface area contributed by atoms with Crippen LogP contribution in [-0.4, -0.2) is 30.5 Å². The first kappa shape index (κ1) is 24.6. The van der Waals surface area contributed by atoms with Crippen LogP contribution in [-0.2, 0) is 14.4 Å². The normalized spacial score (nSPS) is 10.6. The maximum absolute atomic E-state index is 13.6. The Kier molecular flexibility index (Phi) is 8.47. The van der Waals surface area contributed by atoms with Crippen LogP contribution in [0.4, 0.5) is 15.8 Å². The number of nitrogens with zero attached hydrogens (tertiary/aromatic N) is 1. The molecule has 0 aromatic heterocycles. The predicted molar refractivity (Wildman–Crippen MR) is 130 cm³/mol. The number of ether oxygens (including phenoxy) is 1. The van der Waals surface area contributed by atoms with Gasteiger partial charge in [-0.3, -0.25) is 14.4 Å².